The second-order valence-electron chi connectivity index (χ2n) is 2.55. The van der Waals surface area contributed by atoms with Crippen molar-refractivity contribution in [3.05, 3.63) is 24.3 Å². The Morgan fingerprint density at radius 3 is 2.50 bits per heavy atom. The van der Waals surface area contributed by atoms with Crippen LogP contribution < -0.4 is 0 Å². The molecule has 0 saturated carbocycles. The smallest absolute Gasteiger partial charge is 0.0445 e. The highest BCUT2D eigenvalue weighted by Gasteiger charge is 2.09. The van der Waals surface area contributed by atoms with Gasteiger partial charge >= 0.3 is 0 Å². The van der Waals surface area contributed by atoms with E-state index in [2.05, 4.69) is 43.1 Å². The summed E-state index contributed by atoms with van der Waals surface area (Å²) in [6.07, 6.45) is 8.49. The first-order valence-corrected chi connectivity index (χ1v) is 3.62. The molecule has 2 unspecified atom stereocenters. The lowest BCUT2D eigenvalue weighted by Crippen LogP contribution is -2.05. The summed E-state index contributed by atoms with van der Waals surface area (Å²) in [4.78, 5) is 0. The van der Waals surface area contributed by atoms with Crippen molar-refractivity contribution in [1.29, 1.82) is 0 Å². The van der Waals surface area contributed by atoms with Gasteiger partial charge in [0.05, 0.1) is 0 Å². The van der Waals surface area contributed by atoms with Crippen LogP contribution >= 0.6 is 0 Å². The van der Waals surface area contributed by atoms with E-state index < -0.39 is 0 Å². The molecule has 0 saturated heterocycles. The molecule has 0 amide bonds. The van der Waals surface area contributed by atoms with Gasteiger partial charge in [0.2, 0.25) is 0 Å². The van der Waals surface area contributed by atoms with Crippen LogP contribution in [0.25, 0.3) is 0 Å². The molecule has 0 heteroatoms. The minimum atomic E-state index is 0.440. The molecule has 0 bridgehead atoms. The zero-order valence-electron chi connectivity index (χ0n) is 6.46. The van der Waals surface area contributed by atoms with Crippen LogP contribution in [0.1, 0.15) is 13.8 Å². The van der Waals surface area contributed by atoms with Crippen molar-refractivity contribution < 1.29 is 0 Å². The van der Waals surface area contributed by atoms with E-state index in [-0.39, 0.29) is 0 Å². The average Bonchev–Trinajstić information content (AvgIpc) is 1.94. The van der Waals surface area contributed by atoms with Crippen molar-refractivity contribution in [3.8, 4) is 11.8 Å². The van der Waals surface area contributed by atoms with Crippen LogP contribution in [-0.2, 0) is 0 Å². The Hall–Kier alpha value is -0.960. The van der Waals surface area contributed by atoms with E-state index in [4.69, 9.17) is 0 Å². The van der Waals surface area contributed by atoms with Crippen LogP contribution in [0.3, 0.4) is 0 Å². The largest absolute Gasteiger partial charge is 0.106 e. The van der Waals surface area contributed by atoms with E-state index in [1.165, 1.54) is 0 Å². The minimum absolute atomic E-state index is 0.440. The van der Waals surface area contributed by atoms with Crippen molar-refractivity contribution in [1.82, 2.24) is 0 Å². The zero-order chi connectivity index (χ0) is 7.40. The monoisotopic (exact) mass is 132 g/mol. The lowest BCUT2D eigenvalue weighted by atomic mass is 9.91. The molecular weight excluding hydrogens is 120 g/mol. The molecule has 0 aromatic rings. The van der Waals surface area contributed by atoms with Gasteiger partial charge in [-0.3, -0.25) is 0 Å². The Kier molecular flexibility index (Phi) is 2.34. The van der Waals surface area contributed by atoms with E-state index >= 15 is 0 Å². The van der Waals surface area contributed by atoms with Gasteiger partial charge in [-0.1, -0.05) is 37.1 Å². The molecule has 10 heavy (non-hydrogen) atoms. The second-order valence-corrected chi connectivity index (χ2v) is 2.55. The Bertz CT molecular complexity index is 210. The molecular formula is C10H12. The first-order valence-electron chi connectivity index (χ1n) is 3.62. The van der Waals surface area contributed by atoms with E-state index in [0.717, 1.165) is 0 Å². The highest BCUT2D eigenvalue weighted by atomic mass is 14.1. The third-order valence-corrected chi connectivity index (χ3v) is 1.72. The molecule has 1 rings (SSSR count). The molecule has 0 spiro atoms. The van der Waals surface area contributed by atoms with Crippen molar-refractivity contribution in [3.63, 3.8) is 0 Å². The van der Waals surface area contributed by atoms with Crippen LogP contribution in [0.15, 0.2) is 24.3 Å². The average molecular weight is 132 g/mol. The maximum Gasteiger partial charge on any atom is 0.0445 e. The van der Waals surface area contributed by atoms with Gasteiger partial charge in [0.15, 0.2) is 0 Å². The molecule has 2 atom stereocenters. The second kappa shape index (κ2) is 3.27. The first-order chi connectivity index (χ1) is 4.84. The molecule has 0 heterocycles. The highest BCUT2D eigenvalue weighted by molar-refractivity contribution is 5.21. The summed E-state index contributed by atoms with van der Waals surface area (Å²) in [5, 5.41) is 0. The van der Waals surface area contributed by atoms with Crippen LogP contribution in [0.4, 0.5) is 0 Å². The maximum atomic E-state index is 3.15. The third kappa shape index (κ3) is 1.51. The van der Waals surface area contributed by atoms with Crippen molar-refractivity contribution in [2.45, 2.75) is 13.8 Å². The highest BCUT2D eigenvalue weighted by Crippen LogP contribution is 2.17. The SMILES string of the molecule is CC#CC1C=CC=CC1C. The summed E-state index contributed by atoms with van der Waals surface area (Å²) in [6, 6.07) is 0. The predicted molar refractivity (Wildman–Crippen MR) is 44.4 cm³/mol. The Morgan fingerprint density at radius 2 is 1.90 bits per heavy atom. The Labute approximate surface area is 62.6 Å². The van der Waals surface area contributed by atoms with E-state index in [0.29, 0.717) is 11.8 Å². The van der Waals surface area contributed by atoms with Gasteiger partial charge in [-0.05, 0) is 12.8 Å². The quantitative estimate of drug-likeness (QED) is 0.444. The topological polar surface area (TPSA) is 0 Å². The fourth-order valence-electron chi connectivity index (χ4n) is 1.06. The van der Waals surface area contributed by atoms with Gasteiger partial charge in [-0.15, -0.1) is 5.92 Å². The van der Waals surface area contributed by atoms with Crippen molar-refractivity contribution in [2.75, 3.05) is 0 Å². The lowest BCUT2D eigenvalue weighted by Gasteiger charge is -2.13. The Morgan fingerprint density at radius 1 is 1.20 bits per heavy atom. The van der Waals surface area contributed by atoms with Crippen LogP contribution in [-0.4, -0.2) is 0 Å². The summed E-state index contributed by atoms with van der Waals surface area (Å²) in [7, 11) is 0. The molecule has 0 N–H and O–H groups in total. The molecule has 0 aromatic carbocycles. The van der Waals surface area contributed by atoms with Gasteiger partial charge < -0.3 is 0 Å². The normalized spacial score (nSPS) is 29.4. The van der Waals surface area contributed by atoms with Crippen LogP contribution in [0.2, 0.25) is 0 Å². The summed E-state index contributed by atoms with van der Waals surface area (Å²) in [5.41, 5.74) is 0. The predicted octanol–water partition coefficient (Wildman–Crippen LogP) is 2.39. The standard InChI is InChI=1S/C10H12/c1-3-6-10-8-5-4-7-9(10)2/h4-5,7-10H,1-2H3. The fraction of sp³-hybridized carbons (Fsp3) is 0.400. The lowest BCUT2D eigenvalue weighted by molar-refractivity contribution is 0.623. The Balaban J connectivity index is 2.67. The molecule has 0 aromatic heterocycles. The molecule has 0 radical (unpaired) electrons. The molecule has 0 fully saturated rings. The maximum absolute atomic E-state index is 3.15. The molecule has 1 aliphatic rings. The van der Waals surface area contributed by atoms with Gasteiger partial charge in [-0.2, -0.15) is 0 Å². The van der Waals surface area contributed by atoms with Gasteiger partial charge in [0, 0.05) is 5.92 Å². The van der Waals surface area contributed by atoms with Crippen molar-refractivity contribution >= 4 is 0 Å². The van der Waals surface area contributed by atoms with Crippen LogP contribution in [0.5, 0.6) is 0 Å². The molecule has 0 nitrogen and oxygen atoms in total. The summed E-state index contributed by atoms with van der Waals surface area (Å²) < 4.78 is 0. The molecule has 52 valence electrons. The van der Waals surface area contributed by atoms with E-state index in [1.807, 2.05) is 6.92 Å². The fourth-order valence-corrected chi connectivity index (χ4v) is 1.06. The van der Waals surface area contributed by atoms with Gasteiger partial charge in [0.25, 0.3) is 0 Å². The molecule has 0 aliphatic heterocycles. The minimum Gasteiger partial charge on any atom is -0.106 e. The number of allylic oxidation sites excluding steroid dienone is 4. The zero-order valence-corrected chi connectivity index (χ0v) is 6.46. The van der Waals surface area contributed by atoms with Gasteiger partial charge in [0.1, 0.15) is 0 Å². The number of hydrogen-bond donors (Lipinski definition) is 0. The van der Waals surface area contributed by atoms with Gasteiger partial charge in [-0.25, -0.2) is 0 Å². The summed E-state index contributed by atoms with van der Waals surface area (Å²) in [5.74, 6) is 7.10. The van der Waals surface area contributed by atoms with Crippen LogP contribution in [0, 0.1) is 23.7 Å². The van der Waals surface area contributed by atoms with E-state index in [1.54, 1.807) is 0 Å². The first kappa shape index (κ1) is 7.15. The summed E-state index contributed by atoms with van der Waals surface area (Å²) in [6.45, 7) is 4.08. The number of rotatable bonds is 0. The third-order valence-electron chi connectivity index (χ3n) is 1.72. The van der Waals surface area contributed by atoms with Crippen molar-refractivity contribution in [2.24, 2.45) is 11.8 Å². The van der Waals surface area contributed by atoms with E-state index in [9.17, 15) is 0 Å². The number of hydrogen-bond acceptors (Lipinski definition) is 0. The summed E-state index contributed by atoms with van der Waals surface area (Å²) >= 11 is 0. The molecule has 1 aliphatic carbocycles.